The molecular weight excluding hydrogens is 278 g/mol. The van der Waals surface area contributed by atoms with E-state index in [1.165, 1.54) is 22.5 Å². The maximum Gasteiger partial charge on any atom is 0.133 e. The minimum atomic E-state index is 0.680. The molecular formula is C17H23N3S. The average molecular weight is 301 g/mol. The Morgan fingerprint density at radius 1 is 1.38 bits per heavy atom. The van der Waals surface area contributed by atoms with Gasteiger partial charge in [-0.25, -0.2) is 4.98 Å². The molecule has 3 nitrogen and oxygen atoms in total. The van der Waals surface area contributed by atoms with Gasteiger partial charge in [-0.15, -0.1) is 0 Å². The molecule has 0 radical (unpaired) electrons. The van der Waals surface area contributed by atoms with Crippen molar-refractivity contribution >= 4 is 28.5 Å². The Bertz CT molecular complexity index is 614. The molecule has 0 aliphatic carbocycles. The van der Waals surface area contributed by atoms with E-state index in [2.05, 4.69) is 66.2 Å². The number of pyridine rings is 1. The van der Waals surface area contributed by atoms with Crippen LogP contribution in [0.2, 0.25) is 0 Å². The summed E-state index contributed by atoms with van der Waals surface area (Å²) in [6.07, 6.45) is 0. The van der Waals surface area contributed by atoms with Gasteiger partial charge in [0.15, 0.2) is 0 Å². The third kappa shape index (κ3) is 3.33. The van der Waals surface area contributed by atoms with Gasteiger partial charge in [-0.05, 0) is 18.7 Å². The minimum absolute atomic E-state index is 0.680. The van der Waals surface area contributed by atoms with Crippen LogP contribution in [0.3, 0.4) is 0 Å². The molecule has 0 spiro atoms. The number of hydrogen-bond acceptors (Lipinski definition) is 4. The number of anilines is 1. The average Bonchev–Trinajstić information content (AvgIpc) is 2.52. The molecule has 1 aromatic heterocycles. The fourth-order valence-electron chi connectivity index (χ4n) is 2.82. The first-order chi connectivity index (χ1) is 10.3. The lowest BCUT2D eigenvalue weighted by molar-refractivity contribution is 0.710. The van der Waals surface area contributed by atoms with E-state index in [9.17, 15) is 0 Å². The summed E-state index contributed by atoms with van der Waals surface area (Å²) in [6.45, 7) is 8.52. The molecule has 0 amide bonds. The third-order valence-electron chi connectivity index (χ3n) is 3.89. The van der Waals surface area contributed by atoms with Gasteiger partial charge in [0.2, 0.25) is 0 Å². The van der Waals surface area contributed by atoms with Crippen molar-refractivity contribution in [1.29, 1.82) is 0 Å². The number of aromatic nitrogens is 1. The second kappa shape index (κ2) is 6.67. The van der Waals surface area contributed by atoms with E-state index in [1.807, 2.05) is 0 Å². The zero-order valence-electron chi connectivity index (χ0n) is 12.8. The number of nitrogens with zero attached hydrogens (tertiary/aromatic N) is 2. The van der Waals surface area contributed by atoms with Crippen molar-refractivity contribution in [1.82, 2.24) is 10.3 Å². The third-order valence-corrected chi connectivity index (χ3v) is 5.02. The molecule has 1 atom stereocenters. The molecule has 21 heavy (non-hydrogen) atoms. The molecule has 0 bridgehead atoms. The smallest absolute Gasteiger partial charge is 0.133 e. The number of rotatable bonds is 4. The summed E-state index contributed by atoms with van der Waals surface area (Å²) in [6, 6.07) is 10.7. The number of nitrogens with one attached hydrogen (secondary N) is 1. The largest absolute Gasteiger partial charge is 0.354 e. The van der Waals surface area contributed by atoms with Crippen LogP contribution in [0.1, 0.15) is 19.4 Å². The predicted molar refractivity (Wildman–Crippen MR) is 93.3 cm³/mol. The lowest BCUT2D eigenvalue weighted by Gasteiger charge is -2.33. The zero-order valence-corrected chi connectivity index (χ0v) is 13.6. The Kier molecular flexibility index (Phi) is 4.66. The van der Waals surface area contributed by atoms with Gasteiger partial charge in [0.25, 0.3) is 0 Å². The number of para-hydroxylation sites is 1. The SMILES string of the molecule is CCNCc1cc2ccccc2nc1N1CCSC(C)C1. The second-order valence-electron chi connectivity index (χ2n) is 5.57. The van der Waals surface area contributed by atoms with Crippen molar-refractivity contribution in [2.75, 3.05) is 30.3 Å². The van der Waals surface area contributed by atoms with Crippen LogP contribution < -0.4 is 10.2 Å². The van der Waals surface area contributed by atoms with Gasteiger partial charge in [-0.1, -0.05) is 32.0 Å². The topological polar surface area (TPSA) is 28.2 Å². The molecule has 1 unspecified atom stereocenters. The molecule has 1 aliphatic rings. The summed E-state index contributed by atoms with van der Waals surface area (Å²) < 4.78 is 0. The molecule has 1 fully saturated rings. The van der Waals surface area contributed by atoms with E-state index in [4.69, 9.17) is 4.98 Å². The summed E-state index contributed by atoms with van der Waals surface area (Å²) in [7, 11) is 0. The molecule has 0 saturated carbocycles. The number of benzene rings is 1. The van der Waals surface area contributed by atoms with E-state index in [0.29, 0.717) is 5.25 Å². The van der Waals surface area contributed by atoms with Gasteiger partial charge in [-0.2, -0.15) is 11.8 Å². The van der Waals surface area contributed by atoms with Crippen LogP contribution in [-0.2, 0) is 6.54 Å². The maximum atomic E-state index is 4.96. The van der Waals surface area contributed by atoms with Gasteiger partial charge >= 0.3 is 0 Å². The van der Waals surface area contributed by atoms with Crippen molar-refractivity contribution in [2.45, 2.75) is 25.6 Å². The van der Waals surface area contributed by atoms with Crippen LogP contribution in [0, 0.1) is 0 Å². The van der Waals surface area contributed by atoms with Crippen molar-refractivity contribution in [3.8, 4) is 0 Å². The monoisotopic (exact) mass is 301 g/mol. The lowest BCUT2D eigenvalue weighted by Crippen LogP contribution is -2.38. The highest BCUT2D eigenvalue weighted by atomic mass is 32.2. The molecule has 4 heteroatoms. The van der Waals surface area contributed by atoms with E-state index in [-0.39, 0.29) is 0 Å². The summed E-state index contributed by atoms with van der Waals surface area (Å²) in [4.78, 5) is 7.42. The van der Waals surface area contributed by atoms with Crippen LogP contribution in [0.15, 0.2) is 30.3 Å². The Balaban J connectivity index is 2.00. The first kappa shape index (κ1) is 14.7. The van der Waals surface area contributed by atoms with E-state index >= 15 is 0 Å². The summed E-state index contributed by atoms with van der Waals surface area (Å²) >= 11 is 2.06. The van der Waals surface area contributed by atoms with Gasteiger partial charge in [0.05, 0.1) is 5.52 Å². The highest BCUT2D eigenvalue weighted by Crippen LogP contribution is 2.28. The van der Waals surface area contributed by atoms with E-state index in [0.717, 1.165) is 31.7 Å². The van der Waals surface area contributed by atoms with Crippen LogP contribution in [0.4, 0.5) is 5.82 Å². The fraction of sp³-hybridized carbons (Fsp3) is 0.471. The highest BCUT2D eigenvalue weighted by molar-refractivity contribution is 8.00. The summed E-state index contributed by atoms with van der Waals surface area (Å²) in [5, 5.41) is 5.36. The molecule has 2 aromatic rings. The van der Waals surface area contributed by atoms with Crippen molar-refractivity contribution in [3.05, 3.63) is 35.9 Å². The molecule has 3 rings (SSSR count). The Morgan fingerprint density at radius 2 is 2.24 bits per heavy atom. The Labute approximate surface area is 131 Å². The van der Waals surface area contributed by atoms with Gasteiger partial charge < -0.3 is 10.2 Å². The van der Waals surface area contributed by atoms with E-state index < -0.39 is 0 Å². The van der Waals surface area contributed by atoms with E-state index in [1.54, 1.807) is 0 Å². The Morgan fingerprint density at radius 3 is 3.05 bits per heavy atom. The standard InChI is InChI=1S/C17H23N3S/c1-3-18-11-15-10-14-6-4-5-7-16(14)19-17(15)20-8-9-21-13(2)12-20/h4-7,10,13,18H,3,8-9,11-12H2,1-2H3. The zero-order chi connectivity index (χ0) is 14.7. The van der Waals surface area contributed by atoms with Crippen LogP contribution >= 0.6 is 11.8 Å². The molecule has 1 N–H and O–H groups in total. The minimum Gasteiger partial charge on any atom is -0.354 e. The Hall–Kier alpha value is -1.26. The number of thioether (sulfide) groups is 1. The normalized spacial score (nSPS) is 19.1. The molecule has 112 valence electrons. The lowest BCUT2D eigenvalue weighted by atomic mass is 10.1. The summed E-state index contributed by atoms with van der Waals surface area (Å²) in [5.41, 5.74) is 2.41. The number of fused-ring (bicyclic) bond motifs is 1. The first-order valence-electron chi connectivity index (χ1n) is 7.74. The predicted octanol–water partition coefficient (Wildman–Crippen LogP) is 3.29. The second-order valence-corrected chi connectivity index (χ2v) is 7.12. The highest BCUT2D eigenvalue weighted by Gasteiger charge is 2.20. The van der Waals surface area contributed by atoms with Gasteiger partial charge in [-0.3, -0.25) is 0 Å². The fourth-order valence-corrected chi connectivity index (χ4v) is 3.84. The maximum absolute atomic E-state index is 4.96. The molecule has 1 aliphatic heterocycles. The summed E-state index contributed by atoms with van der Waals surface area (Å²) in [5.74, 6) is 2.36. The molecule has 1 saturated heterocycles. The molecule has 2 heterocycles. The van der Waals surface area contributed by atoms with Crippen molar-refractivity contribution < 1.29 is 0 Å². The van der Waals surface area contributed by atoms with Crippen LogP contribution in [-0.4, -0.2) is 35.6 Å². The molecule has 1 aromatic carbocycles. The van der Waals surface area contributed by atoms with Crippen molar-refractivity contribution in [2.24, 2.45) is 0 Å². The first-order valence-corrected chi connectivity index (χ1v) is 8.78. The van der Waals surface area contributed by atoms with Crippen molar-refractivity contribution in [3.63, 3.8) is 0 Å². The van der Waals surface area contributed by atoms with Crippen LogP contribution in [0.25, 0.3) is 10.9 Å². The van der Waals surface area contributed by atoms with Crippen LogP contribution in [0.5, 0.6) is 0 Å². The van der Waals surface area contributed by atoms with Gasteiger partial charge in [0, 0.05) is 41.6 Å². The number of hydrogen-bond donors (Lipinski definition) is 1. The van der Waals surface area contributed by atoms with Gasteiger partial charge in [0.1, 0.15) is 5.82 Å². The quantitative estimate of drug-likeness (QED) is 0.938.